The highest BCUT2D eigenvalue weighted by molar-refractivity contribution is 6.31. The van der Waals surface area contributed by atoms with E-state index in [1.165, 1.54) is 18.6 Å². The summed E-state index contributed by atoms with van der Waals surface area (Å²) in [6, 6.07) is 22.3. The molecule has 0 bridgehead atoms. The molecule has 3 aromatic rings. The molecule has 0 aromatic heterocycles. The lowest BCUT2D eigenvalue weighted by Crippen LogP contribution is -2.23. The second kappa shape index (κ2) is 14.6. The Morgan fingerprint density at radius 3 is 1.74 bits per heavy atom. The van der Waals surface area contributed by atoms with Gasteiger partial charge in [-0.3, -0.25) is 5.01 Å². The predicted octanol–water partition coefficient (Wildman–Crippen LogP) is 7.34. The molecule has 1 aliphatic rings. The number of benzene rings is 3. The van der Waals surface area contributed by atoms with Gasteiger partial charge < -0.3 is 9.47 Å². The molecular weight excluding hydrogens is 514 g/mol. The van der Waals surface area contributed by atoms with E-state index in [2.05, 4.69) is 10.3 Å². The average Bonchev–Trinajstić information content (AvgIpc) is 2.97. The molecule has 1 aliphatic heterocycles. The molecule has 8 heteroatoms. The molecule has 4 rings (SSSR count). The number of rotatable bonds is 10. The monoisotopic (exact) mass is 543 g/mol. The van der Waals surface area contributed by atoms with E-state index in [0.29, 0.717) is 21.8 Å². The molecule has 7 nitrogen and oxygen atoms in total. The Kier molecular flexibility index (Phi) is 10.4. The van der Waals surface area contributed by atoms with Crippen LogP contribution >= 0.6 is 11.6 Å². The Labute approximate surface area is 233 Å². The van der Waals surface area contributed by atoms with Crippen molar-refractivity contribution in [1.29, 1.82) is 0 Å². The van der Waals surface area contributed by atoms with Crippen molar-refractivity contribution in [2.75, 3.05) is 13.1 Å². The van der Waals surface area contributed by atoms with Crippen LogP contribution in [0.4, 0.5) is 5.69 Å². The number of esters is 2. The molecule has 0 N–H and O–H groups in total. The lowest BCUT2D eigenvalue weighted by atomic mass is 10.1. The average molecular weight is 544 g/mol. The maximum Gasteiger partial charge on any atom is 0.331 e. The second-order valence-corrected chi connectivity index (χ2v) is 9.43. The van der Waals surface area contributed by atoms with Crippen molar-refractivity contribution in [2.24, 2.45) is 10.3 Å². The Bertz CT molecular complexity index is 1250. The van der Waals surface area contributed by atoms with Gasteiger partial charge in [0.2, 0.25) is 0 Å². The Morgan fingerprint density at radius 2 is 1.26 bits per heavy atom. The normalized spacial score (nSPS) is 13.8. The SMILES string of the molecule is O=C(/C=C/c1cc(Cl)cc(/C=C/C(=O)OCc2ccccc2)c1N=NN1CCCCC1)OCc1ccccc1. The zero-order valence-corrected chi connectivity index (χ0v) is 22.3. The summed E-state index contributed by atoms with van der Waals surface area (Å²) in [7, 11) is 0. The van der Waals surface area contributed by atoms with Crippen LogP contribution in [0.15, 0.2) is 95.3 Å². The summed E-state index contributed by atoms with van der Waals surface area (Å²) < 4.78 is 10.7. The number of hydrogen-bond acceptors (Lipinski definition) is 6. The van der Waals surface area contributed by atoms with E-state index in [-0.39, 0.29) is 13.2 Å². The minimum absolute atomic E-state index is 0.167. The Balaban J connectivity index is 1.52. The van der Waals surface area contributed by atoms with E-state index in [9.17, 15) is 9.59 Å². The van der Waals surface area contributed by atoms with Gasteiger partial charge in [-0.25, -0.2) is 9.59 Å². The molecule has 0 atom stereocenters. The molecule has 0 radical (unpaired) electrons. The van der Waals surface area contributed by atoms with Gasteiger partial charge in [-0.05, 0) is 54.7 Å². The fourth-order valence-corrected chi connectivity index (χ4v) is 4.19. The lowest BCUT2D eigenvalue weighted by Gasteiger charge is -2.22. The number of carbonyl (C=O) groups excluding carboxylic acids is 2. The maximum absolute atomic E-state index is 12.4. The van der Waals surface area contributed by atoms with E-state index < -0.39 is 11.9 Å². The topological polar surface area (TPSA) is 80.6 Å². The van der Waals surface area contributed by atoms with Gasteiger partial charge in [0.25, 0.3) is 0 Å². The van der Waals surface area contributed by atoms with Crippen molar-refractivity contribution >= 4 is 41.4 Å². The van der Waals surface area contributed by atoms with Gasteiger partial charge in [0.05, 0.1) is 0 Å². The highest BCUT2D eigenvalue weighted by Gasteiger charge is 2.12. The van der Waals surface area contributed by atoms with Crippen LogP contribution in [0.5, 0.6) is 0 Å². The molecule has 0 saturated carbocycles. The fourth-order valence-electron chi connectivity index (χ4n) is 3.96. The quantitative estimate of drug-likeness (QED) is 0.152. The number of piperidine rings is 1. The number of halogens is 1. The van der Waals surface area contributed by atoms with Crippen LogP contribution in [0.3, 0.4) is 0 Å². The van der Waals surface area contributed by atoms with Crippen molar-refractivity contribution in [3.05, 3.63) is 112 Å². The molecule has 0 amide bonds. The van der Waals surface area contributed by atoms with Crippen LogP contribution < -0.4 is 0 Å². The van der Waals surface area contributed by atoms with Gasteiger partial charge in [-0.15, -0.1) is 5.11 Å². The minimum Gasteiger partial charge on any atom is -0.458 e. The molecule has 1 heterocycles. The summed E-state index contributed by atoms with van der Waals surface area (Å²) in [6.45, 7) is 1.98. The third-order valence-corrected chi connectivity index (χ3v) is 6.20. The molecule has 1 saturated heterocycles. The van der Waals surface area contributed by atoms with Gasteiger partial charge >= 0.3 is 11.9 Å². The first-order valence-corrected chi connectivity index (χ1v) is 13.2. The molecule has 0 spiro atoms. The van der Waals surface area contributed by atoms with E-state index in [0.717, 1.165) is 37.1 Å². The van der Waals surface area contributed by atoms with Gasteiger partial charge in [0.1, 0.15) is 18.9 Å². The zero-order chi connectivity index (χ0) is 27.3. The first-order valence-electron chi connectivity index (χ1n) is 12.8. The molecule has 1 fully saturated rings. The first kappa shape index (κ1) is 27.8. The number of ether oxygens (including phenoxy) is 2. The summed E-state index contributed by atoms with van der Waals surface area (Å²) >= 11 is 6.40. The number of nitrogens with zero attached hydrogens (tertiary/aromatic N) is 3. The number of hydrogen-bond donors (Lipinski definition) is 0. The largest absolute Gasteiger partial charge is 0.458 e. The molecule has 200 valence electrons. The van der Waals surface area contributed by atoms with Crippen LogP contribution in [-0.2, 0) is 32.3 Å². The third kappa shape index (κ3) is 9.23. The van der Waals surface area contributed by atoms with Crippen LogP contribution in [-0.4, -0.2) is 30.0 Å². The van der Waals surface area contributed by atoms with Crippen molar-refractivity contribution in [2.45, 2.75) is 32.5 Å². The first-order chi connectivity index (χ1) is 19.1. The Hall–Kier alpha value is -4.23. The van der Waals surface area contributed by atoms with Gasteiger partial charge in [-0.2, -0.15) is 0 Å². The van der Waals surface area contributed by atoms with Gasteiger partial charge in [0, 0.05) is 41.4 Å². The predicted molar refractivity (Wildman–Crippen MR) is 152 cm³/mol. The summed E-state index contributed by atoms with van der Waals surface area (Å²) in [6.07, 6.45) is 9.13. The maximum atomic E-state index is 12.4. The highest BCUT2D eigenvalue weighted by Crippen LogP contribution is 2.32. The van der Waals surface area contributed by atoms with Crippen molar-refractivity contribution in [1.82, 2.24) is 5.01 Å². The summed E-state index contributed by atoms with van der Waals surface area (Å²) in [5, 5.41) is 11.3. The van der Waals surface area contributed by atoms with Crippen LogP contribution in [0.2, 0.25) is 5.02 Å². The van der Waals surface area contributed by atoms with E-state index in [4.69, 9.17) is 21.1 Å². The second-order valence-electron chi connectivity index (χ2n) is 8.99. The highest BCUT2D eigenvalue weighted by atomic mass is 35.5. The van der Waals surface area contributed by atoms with E-state index >= 15 is 0 Å². The standard InChI is InChI=1S/C31H30ClN3O4/c32-28-20-26(14-16-29(36)38-22-24-10-4-1-5-11-24)31(33-34-35-18-8-3-9-19-35)27(21-28)15-17-30(37)39-23-25-12-6-2-7-13-25/h1-2,4-7,10-17,20-21H,3,8-9,18-19,22-23H2/b16-14+,17-15+,34-33?. The molecule has 0 unspecified atom stereocenters. The number of carbonyl (C=O) groups is 2. The molecular formula is C31H30ClN3O4. The molecule has 0 aliphatic carbocycles. The van der Waals surface area contributed by atoms with Crippen LogP contribution in [0.25, 0.3) is 12.2 Å². The minimum atomic E-state index is -0.501. The van der Waals surface area contributed by atoms with E-state index in [1.54, 1.807) is 24.3 Å². The van der Waals surface area contributed by atoms with E-state index in [1.807, 2.05) is 65.7 Å². The van der Waals surface area contributed by atoms with Gasteiger partial charge in [0.15, 0.2) is 0 Å². The van der Waals surface area contributed by atoms with Crippen molar-refractivity contribution in [3.63, 3.8) is 0 Å². The van der Waals surface area contributed by atoms with Crippen molar-refractivity contribution in [3.8, 4) is 0 Å². The van der Waals surface area contributed by atoms with Gasteiger partial charge in [-0.1, -0.05) is 77.5 Å². The smallest absolute Gasteiger partial charge is 0.331 e. The summed E-state index contributed by atoms with van der Waals surface area (Å²) in [5.41, 5.74) is 3.40. The fraction of sp³-hybridized carbons (Fsp3) is 0.226. The third-order valence-electron chi connectivity index (χ3n) is 5.98. The summed E-state index contributed by atoms with van der Waals surface area (Å²) in [4.78, 5) is 24.8. The Morgan fingerprint density at radius 1 is 0.769 bits per heavy atom. The molecule has 39 heavy (non-hydrogen) atoms. The van der Waals surface area contributed by atoms with Crippen molar-refractivity contribution < 1.29 is 19.1 Å². The summed E-state index contributed by atoms with van der Waals surface area (Å²) in [5.74, 6) is -1.00. The van der Waals surface area contributed by atoms with Crippen LogP contribution in [0.1, 0.15) is 41.5 Å². The lowest BCUT2D eigenvalue weighted by molar-refractivity contribution is -0.139. The van der Waals surface area contributed by atoms with Crippen LogP contribution in [0, 0.1) is 0 Å². The zero-order valence-electron chi connectivity index (χ0n) is 21.5. The molecule has 3 aromatic carbocycles.